The van der Waals surface area contributed by atoms with E-state index in [2.05, 4.69) is 35.5 Å². The first-order valence-corrected chi connectivity index (χ1v) is 6.70. The summed E-state index contributed by atoms with van der Waals surface area (Å²) in [7, 11) is 2.21. The van der Waals surface area contributed by atoms with Gasteiger partial charge < -0.3 is 10.2 Å². The topological polar surface area (TPSA) is 15.3 Å². The van der Waals surface area contributed by atoms with E-state index < -0.39 is 0 Å². The van der Waals surface area contributed by atoms with Gasteiger partial charge in [0.25, 0.3) is 0 Å². The zero-order chi connectivity index (χ0) is 12.3. The van der Waals surface area contributed by atoms with Gasteiger partial charge >= 0.3 is 0 Å². The lowest BCUT2D eigenvalue weighted by molar-refractivity contribution is 0.321. The molecule has 0 bridgehead atoms. The number of rotatable bonds is 6. The Hall–Kier alpha value is -0.570. The molecule has 0 heterocycles. The summed E-state index contributed by atoms with van der Waals surface area (Å²) in [5.74, 6) is 0. The highest BCUT2D eigenvalue weighted by molar-refractivity contribution is 6.31. The number of nitrogens with zero attached hydrogens (tertiary/aromatic N) is 1. The maximum Gasteiger partial charge on any atom is 0.0438 e. The summed E-state index contributed by atoms with van der Waals surface area (Å²) >= 11 is 6.09. The molecule has 1 fully saturated rings. The molecule has 2 rings (SSSR count). The first-order chi connectivity index (χ1) is 8.16. The minimum atomic E-state index is 0.852. The van der Waals surface area contributed by atoms with Crippen LogP contribution in [-0.2, 0) is 6.54 Å². The molecule has 0 saturated heterocycles. The third-order valence-corrected chi connectivity index (χ3v) is 3.78. The Balaban J connectivity index is 1.68. The average molecular weight is 253 g/mol. The molecule has 3 heteroatoms. The van der Waals surface area contributed by atoms with Gasteiger partial charge in [0.2, 0.25) is 0 Å². The van der Waals surface area contributed by atoms with Crippen molar-refractivity contribution in [3.05, 3.63) is 34.3 Å². The molecule has 94 valence electrons. The van der Waals surface area contributed by atoms with Crippen molar-refractivity contribution in [1.29, 1.82) is 0 Å². The van der Waals surface area contributed by atoms with Crippen LogP contribution in [-0.4, -0.2) is 31.1 Å². The fraction of sp³-hybridized carbons (Fsp3) is 0.571. The van der Waals surface area contributed by atoms with Crippen LogP contribution in [0, 0.1) is 6.92 Å². The van der Waals surface area contributed by atoms with Crippen LogP contribution in [0.4, 0.5) is 0 Å². The molecule has 0 radical (unpaired) electrons. The SMILES string of the molecule is Cc1ccc(CNCCN(C)C2CC2)cc1Cl. The van der Waals surface area contributed by atoms with E-state index in [1.807, 2.05) is 6.92 Å². The molecule has 1 aliphatic carbocycles. The van der Waals surface area contributed by atoms with Crippen molar-refractivity contribution in [3.63, 3.8) is 0 Å². The Kier molecular flexibility index (Phi) is 4.43. The molecule has 1 aromatic rings. The number of hydrogen-bond acceptors (Lipinski definition) is 2. The third-order valence-electron chi connectivity index (χ3n) is 3.38. The number of hydrogen-bond donors (Lipinski definition) is 1. The van der Waals surface area contributed by atoms with Gasteiger partial charge in [-0.1, -0.05) is 23.7 Å². The van der Waals surface area contributed by atoms with Crippen molar-refractivity contribution in [3.8, 4) is 0 Å². The predicted octanol–water partition coefficient (Wildman–Crippen LogP) is 2.83. The Bertz CT molecular complexity index is 374. The highest BCUT2D eigenvalue weighted by Gasteiger charge is 2.25. The molecule has 1 saturated carbocycles. The molecule has 0 unspecified atom stereocenters. The molecule has 1 aliphatic rings. The Labute approximate surface area is 109 Å². The summed E-state index contributed by atoms with van der Waals surface area (Å²) in [6, 6.07) is 7.12. The molecule has 2 nitrogen and oxygen atoms in total. The van der Waals surface area contributed by atoms with Crippen molar-refractivity contribution in [2.24, 2.45) is 0 Å². The minimum Gasteiger partial charge on any atom is -0.311 e. The smallest absolute Gasteiger partial charge is 0.0438 e. The van der Waals surface area contributed by atoms with E-state index in [1.165, 1.54) is 18.4 Å². The lowest BCUT2D eigenvalue weighted by atomic mass is 10.1. The van der Waals surface area contributed by atoms with Crippen LogP contribution in [0.1, 0.15) is 24.0 Å². The van der Waals surface area contributed by atoms with Crippen LogP contribution in [0.15, 0.2) is 18.2 Å². The van der Waals surface area contributed by atoms with Gasteiger partial charge in [0.15, 0.2) is 0 Å². The highest BCUT2D eigenvalue weighted by atomic mass is 35.5. The Morgan fingerprint density at radius 3 is 2.82 bits per heavy atom. The van der Waals surface area contributed by atoms with Crippen LogP contribution >= 0.6 is 11.6 Å². The third kappa shape index (κ3) is 3.98. The van der Waals surface area contributed by atoms with Crippen molar-refractivity contribution in [2.45, 2.75) is 32.4 Å². The Morgan fingerprint density at radius 1 is 1.41 bits per heavy atom. The summed E-state index contributed by atoms with van der Waals surface area (Å²) in [5, 5.41) is 4.32. The maximum absolute atomic E-state index is 6.09. The summed E-state index contributed by atoms with van der Waals surface area (Å²) in [5.41, 5.74) is 2.40. The normalized spacial score (nSPS) is 15.5. The molecular formula is C14H21ClN2. The van der Waals surface area contributed by atoms with Crippen LogP contribution < -0.4 is 5.32 Å². The molecule has 0 aliphatic heterocycles. The largest absolute Gasteiger partial charge is 0.311 e. The van der Waals surface area contributed by atoms with Gasteiger partial charge in [-0.05, 0) is 44.0 Å². The van der Waals surface area contributed by atoms with Crippen molar-refractivity contribution in [2.75, 3.05) is 20.1 Å². The van der Waals surface area contributed by atoms with Gasteiger partial charge in [0.1, 0.15) is 0 Å². The van der Waals surface area contributed by atoms with Crippen LogP contribution in [0.5, 0.6) is 0 Å². The lowest BCUT2D eigenvalue weighted by Crippen LogP contribution is -2.30. The van der Waals surface area contributed by atoms with Gasteiger partial charge in [-0.25, -0.2) is 0 Å². The van der Waals surface area contributed by atoms with E-state index in [1.54, 1.807) is 0 Å². The average Bonchev–Trinajstić information content (AvgIpc) is 3.13. The first kappa shape index (κ1) is 12.9. The summed E-state index contributed by atoms with van der Waals surface area (Å²) in [4.78, 5) is 2.44. The predicted molar refractivity (Wildman–Crippen MR) is 73.5 cm³/mol. The van der Waals surface area contributed by atoms with Gasteiger partial charge in [-0.15, -0.1) is 0 Å². The number of aryl methyl sites for hydroxylation is 1. The van der Waals surface area contributed by atoms with E-state index in [0.717, 1.165) is 36.3 Å². The number of likely N-dealkylation sites (N-methyl/N-ethyl adjacent to an activating group) is 1. The molecular weight excluding hydrogens is 232 g/mol. The zero-order valence-corrected chi connectivity index (χ0v) is 11.4. The first-order valence-electron chi connectivity index (χ1n) is 6.33. The number of benzene rings is 1. The molecule has 0 aromatic heterocycles. The van der Waals surface area contributed by atoms with Gasteiger partial charge in [-0.3, -0.25) is 0 Å². The lowest BCUT2D eigenvalue weighted by Gasteiger charge is -2.15. The minimum absolute atomic E-state index is 0.852. The van der Waals surface area contributed by atoms with Gasteiger partial charge in [0, 0.05) is 30.7 Å². The van der Waals surface area contributed by atoms with Crippen molar-refractivity contribution < 1.29 is 0 Å². The quantitative estimate of drug-likeness (QED) is 0.784. The number of halogens is 1. The van der Waals surface area contributed by atoms with Crippen molar-refractivity contribution >= 4 is 11.6 Å². The molecule has 0 spiro atoms. The summed E-state index contributed by atoms with van der Waals surface area (Å²) in [6.07, 6.45) is 2.76. The molecule has 17 heavy (non-hydrogen) atoms. The Morgan fingerprint density at radius 2 is 2.18 bits per heavy atom. The second-order valence-corrected chi connectivity index (χ2v) is 5.38. The fourth-order valence-electron chi connectivity index (χ4n) is 1.93. The number of nitrogens with one attached hydrogen (secondary N) is 1. The van der Waals surface area contributed by atoms with E-state index in [0.29, 0.717) is 0 Å². The maximum atomic E-state index is 6.09. The molecule has 0 atom stereocenters. The van der Waals surface area contributed by atoms with E-state index >= 15 is 0 Å². The zero-order valence-electron chi connectivity index (χ0n) is 10.7. The fourth-order valence-corrected chi connectivity index (χ4v) is 2.14. The molecule has 1 N–H and O–H groups in total. The molecule has 1 aromatic carbocycles. The monoisotopic (exact) mass is 252 g/mol. The second kappa shape index (κ2) is 5.85. The van der Waals surface area contributed by atoms with Crippen LogP contribution in [0.3, 0.4) is 0 Å². The van der Waals surface area contributed by atoms with E-state index in [9.17, 15) is 0 Å². The van der Waals surface area contributed by atoms with Gasteiger partial charge in [-0.2, -0.15) is 0 Å². The van der Waals surface area contributed by atoms with E-state index in [-0.39, 0.29) is 0 Å². The van der Waals surface area contributed by atoms with Gasteiger partial charge in [0.05, 0.1) is 0 Å². The highest BCUT2D eigenvalue weighted by Crippen LogP contribution is 2.24. The van der Waals surface area contributed by atoms with Crippen LogP contribution in [0.2, 0.25) is 5.02 Å². The molecule has 0 amide bonds. The van der Waals surface area contributed by atoms with Crippen LogP contribution in [0.25, 0.3) is 0 Å². The van der Waals surface area contributed by atoms with Crippen molar-refractivity contribution in [1.82, 2.24) is 10.2 Å². The second-order valence-electron chi connectivity index (χ2n) is 4.97. The summed E-state index contributed by atoms with van der Waals surface area (Å²) in [6.45, 7) is 5.10. The standard InChI is InChI=1S/C14H21ClN2/c1-11-3-4-12(9-14(11)15)10-16-7-8-17(2)13-5-6-13/h3-4,9,13,16H,5-8,10H2,1-2H3. The van der Waals surface area contributed by atoms with E-state index in [4.69, 9.17) is 11.6 Å². The summed E-state index contributed by atoms with van der Waals surface area (Å²) < 4.78 is 0.